The molecule has 0 saturated heterocycles. The van der Waals surface area contributed by atoms with Gasteiger partial charge >= 0.3 is 0 Å². The van der Waals surface area contributed by atoms with Crippen molar-refractivity contribution in [3.8, 4) is 16.9 Å². The molecule has 1 aliphatic carbocycles. The molecule has 1 fully saturated rings. The second-order valence-electron chi connectivity index (χ2n) is 7.06. The first-order valence-electron chi connectivity index (χ1n) is 9.33. The van der Waals surface area contributed by atoms with Crippen LogP contribution in [0.3, 0.4) is 0 Å². The molecule has 0 radical (unpaired) electrons. The van der Waals surface area contributed by atoms with Crippen LogP contribution in [-0.2, 0) is 0 Å². The van der Waals surface area contributed by atoms with Crippen molar-refractivity contribution in [3.63, 3.8) is 0 Å². The fourth-order valence-electron chi connectivity index (χ4n) is 3.64. The van der Waals surface area contributed by atoms with E-state index >= 15 is 0 Å². The second kappa shape index (κ2) is 8.86. The molecule has 2 aromatic rings. The van der Waals surface area contributed by atoms with Crippen molar-refractivity contribution in [1.82, 2.24) is 5.32 Å². The van der Waals surface area contributed by atoms with Crippen LogP contribution in [0.1, 0.15) is 36.0 Å². The van der Waals surface area contributed by atoms with Crippen LogP contribution in [-0.4, -0.2) is 31.3 Å². The quantitative estimate of drug-likeness (QED) is 0.828. The van der Waals surface area contributed by atoms with Crippen molar-refractivity contribution in [2.24, 2.45) is 11.8 Å². The van der Waals surface area contributed by atoms with Gasteiger partial charge < -0.3 is 15.2 Å². The molecule has 1 aliphatic rings. The molecule has 4 heteroatoms. The van der Waals surface area contributed by atoms with E-state index in [0.717, 1.165) is 42.6 Å². The molecule has 4 nitrogen and oxygen atoms in total. The van der Waals surface area contributed by atoms with Crippen molar-refractivity contribution in [3.05, 3.63) is 54.1 Å². The summed E-state index contributed by atoms with van der Waals surface area (Å²) in [6.45, 7) is 1.00. The van der Waals surface area contributed by atoms with Gasteiger partial charge in [-0.05, 0) is 61.3 Å². The number of hydrogen-bond donors (Lipinski definition) is 2. The lowest BCUT2D eigenvalue weighted by atomic mass is 9.82. The third-order valence-corrected chi connectivity index (χ3v) is 5.34. The van der Waals surface area contributed by atoms with Crippen molar-refractivity contribution in [1.29, 1.82) is 0 Å². The summed E-state index contributed by atoms with van der Waals surface area (Å²) in [5, 5.41) is 12.3. The number of para-hydroxylation sites is 1. The first kappa shape index (κ1) is 18.5. The first-order chi connectivity index (χ1) is 12.7. The SMILES string of the molecule is COc1ccccc1-c1ccc(C(=O)NCC2CCC(CO)CC2)cc1. The Bertz CT molecular complexity index is 718. The monoisotopic (exact) mass is 353 g/mol. The number of aliphatic hydroxyl groups is 1. The van der Waals surface area contributed by atoms with Gasteiger partial charge in [0.2, 0.25) is 0 Å². The molecule has 0 spiro atoms. The Morgan fingerprint density at radius 3 is 2.35 bits per heavy atom. The molecule has 0 unspecified atom stereocenters. The van der Waals surface area contributed by atoms with E-state index in [-0.39, 0.29) is 12.5 Å². The number of rotatable bonds is 6. The summed E-state index contributed by atoms with van der Waals surface area (Å²) in [6, 6.07) is 15.5. The number of carbonyl (C=O) groups excluding carboxylic acids is 1. The fraction of sp³-hybridized carbons (Fsp3) is 0.409. The third kappa shape index (κ3) is 4.44. The Morgan fingerprint density at radius 1 is 1.04 bits per heavy atom. The number of methoxy groups -OCH3 is 1. The van der Waals surface area contributed by atoms with Gasteiger partial charge in [0.1, 0.15) is 5.75 Å². The summed E-state index contributed by atoms with van der Waals surface area (Å²) in [5.41, 5.74) is 2.72. The van der Waals surface area contributed by atoms with Gasteiger partial charge in [-0.2, -0.15) is 0 Å². The molecular formula is C22H27NO3. The van der Waals surface area contributed by atoms with E-state index in [1.807, 2.05) is 48.5 Å². The third-order valence-electron chi connectivity index (χ3n) is 5.34. The molecule has 1 saturated carbocycles. The molecule has 0 aromatic heterocycles. The highest BCUT2D eigenvalue weighted by Crippen LogP contribution is 2.30. The maximum absolute atomic E-state index is 12.4. The highest BCUT2D eigenvalue weighted by Gasteiger charge is 2.21. The second-order valence-corrected chi connectivity index (χ2v) is 7.06. The molecule has 0 heterocycles. The minimum atomic E-state index is -0.0270. The number of nitrogens with one attached hydrogen (secondary N) is 1. The van der Waals surface area contributed by atoms with E-state index in [1.54, 1.807) is 7.11 Å². The highest BCUT2D eigenvalue weighted by molar-refractivity contribution is 5.94. The van der Waals surface area contributed by atoms with Gasteiger partial charge in [0.25, 0.3) is 5.91 Å². The number of hydrogen-bond acceptors (Lipinski definition) is 3. The topological polar surface area (TPSA) is 58.6 Å². The lowest BCUT2D eigenvalue weighted by Crippen LogP contribution is -2.31. The van der Waals surface area contributed by atoms with E-state index < -0.39 is 0 Å². The number of carbonyl (C=O) groups is 1. The molecule has 3 rings (SSSR count). The van der Waals surface area contributed by atoms with E-state index in [9.17, 15) is 9.90 Å². The Kier molecular flexibility index (Phi) is 6.29. The average molecular weight is 353 g/mol. The summed E-state index contributed by atoms with van der Waals surface area (Å²) >= 11 is 0. The zero-order chi connectivity index (χ0) is 18.4. The van der Waals surface area contributed by atoms with Crippen LogP contribution in [0.5, 0.6) is 5.75 Å². The van der Waals surface area contributed by atoms with Crippen LogP contribution in [0.2, 0.25) is 0 Å². The molecule has 138 valence electrons. The number of aliphatic hydroxyl groups excluding tert-OH is 1. The van der Waals surface area contributed by atoms with Crippen molar-refractivity contribution in [2.45, 2.75) is 25.7 Å². The fourth-order valence-corrected chi connectivity index (χ4v) is 3.64. The van der Waals surface area contributed by atoms with E-state index in [2.05, 4.69) is 5.32 Å². The summed E-state index contributed by atoms with van der Waals surface area (Å²) < 4.78 is 5.40. The number of amides is 1. The Labute approximate surface area is 155 Å². The molecule has 26 heavy (non-hydrogen) atoms. The van der Waals surface area contributed by atoms with E-state index in [4.69, 9.17) is 4.74 Å². The van der Waals surface area contributed by atoms with Gasteiger partial charge in [0.05, 0.1) is 7.11 Å². The van der Waals surface area contributed by atoms with Crippen LogP contribution in [0, 0.1) is 11.8 Å². The maximum atomic E-state index is 12.4. The summed E-state index contributed by atoms with van der Waals surface area (Å²) in [4.78, 5) is 12.4. The lowest BCUT2D eigenvalue weighted by Gasteiger charge is -2.27. The Hall–Kier alpha value is -2.33. The minimum Gasteiger partial charge on any atom is -0.496 e. The predicted molar refractivity (Wildman–Crippen MR) is 103 cm³/mol. The minimum absolute atomic E-state index is 0.0270. The Morgan fingerprint density at radius 2 is 1.69 bits per heavy atom. The summed E-state index contributed by atoms with van der Waals surface area (Å²) in [7, 11) is 1.66. The molecule has 0 bridgehead atoms. The molecule has 0 atom stereocenters. The van der Waals surface area contributed by atoms with Gasteiger partial charge in [-0.3, -0.25) is 4.79 Å². The van der Waals surface area contributed by atoms with Gasteiger partial charge in [0, 0.05) is 24.3 Å². The molecule has 1 amide bonds. The van der Waals surface area contributed by atoms with Crippen LogP contribution in [0.25, 0.3) is 11.1 Å². The first-order valence-corrected chi connectivity index (χ1v) is 9.33. The van der Waals surface area contributed by atoms with Crippen LogP contribution in [0.4, 0.5) is 0 Å². The van der Waals surface area contributed by atoms with Gasteiger partial charge in [-0.25, -0.2) is 0 Å². The van der Waals surface area contributed by atoms with Crippen LogP contribution in [0.15, 0.2) is 48.5 Å². The van der Waals surface area contributed by atoms with Gasteiger partial charge in [-0.1, -0.05) is 30.3 Å². The largest absolute Gasteiger partial charge is 0.496 e. The van der Waals surface area contributed by atoms with Crippen molar-refractivity contribution >= 4 is 5.91 Å². The maximum Gasteiger partial charge on any atom is 0.251 e. The van der Waals surface area contributed by atoms with E-state index in [1.165, 1.54) is 0 Å². The molecule has 0 aliphatic heterocycles. The van der Waals surface area contributed by atoms with E-state index in [0.29, 0.717) is 23.9 Å². The molecular weight excluding hydrogens is 326 g/mol. The summed E-state index contributed by atoms with van der Waals surface area (Å²) in [6.07, 6.45) is 4.28. The van der Waals surface area contributed by atoms with Crippen molar-refractivity contribution in [2.75, 3.05) is 20.3 Å². The standard InChI is InChI=1S/C22H27NO3/c1-26-21-5-3-2-4-20(21)18-10-12-19(13-11-18)22(25)23-14-16-6-8-17(15-24)9-7-16/h2-5,10-13,16-17,24H,6-9,14-15H2,1H3,(H,23,25). The predicted octanol–water partition coefficient (Wildman–Crippen LogP) is 3.89. The van der Waals surface area contributed by atoms with Crippen LogP contribution >= 0.6 is 0 Å². The van der Waals surface area contributed by atoms with Gasteiger partial charge in [-0.15, -0.1) is 0 Å². The lowest BCUT2D eigenvalue weighted by molar-refractivity contribution is 0.0937. The summed E-state index contributed by atoms with van der Waals surface area (Å²) in [5.74, 6) is 1.77. The van der Waals surface area contributed by atoms with Crippen molar-refractivity contribution < 1.29 is 14.6 Å². The molecule has 2 aromatic carbocycles. The smallest absolute Gasteiger partial charge is 0.251 e. The van der Waals surface area contributed by atoms with Crippen LogP contribution < -0.4 is 10.1 Å². The normalized spacial score (nSPS) is 19.8. The zero-order valence-corrected chi connectivity index (χ0v) is 15.3. The molecule has 2 N–H and O–H groups in total. The average Bonchev–Trinajstić information content (AvgIpc) is 2.72. The van der Waals surface area contributed by atoms with Gasteiger partial charge in [0.15, 0.2) is 0 Å². The highest BCUT2D eigenvalue weighted by atomic mass is 16.5. The zero-order valence-electron chi connectivity index (χ0n) is 15.3. The Balaban J connectivity index is 1.57. The number of benzene rings is 2. The number of ether oxygens (including phenoxy) is 1.